The van der Waals surface area contributed by atoms with Crippen LogP contribution in [-0.4, -0.2) is 220 Å². The average molecular weight is 1040 g/mol. The van der Waals surface area contributed by atoms with Crippen molar-refractivity contribution in [1.29, 1.82) is 0 Å². The van der Waals surface area contributed by atoms with Crippen LogP contribution in [0.25, 0.3) is 10.8 Å². The lowest BCUT2D eigenvalue weighted by molar-refractivity contribution is -0.141. The van der Waals surface area contributed by atoms with Gasteiger partial charge in [0.15, 0.2) is 0 Å². The van der Waals surface area contributed by atoms with Gasteiger partial charge in [0.1, 0.15) is 18.1 Å². The van der Waals surface area contributed by atoms with Crippen molar-refractivity contribution in [3.8, 4) is 0 Å². The number of unbranched alkanes of at least 4 members (excludes halogenated alkanes) is 1. The summed E-state index contributed by atoms with van der Waals surface area (Å²) in [5.41, 5.74) is 0.802. The van der Waals surface area contributed by atoms with E-state index < -0.39 is 84.6 Å². The highest BCUT2D eigenvalue weighted by molar-refractivity contribution is 5.89. The molecular formula is C49H71N9O16. The van der Waals surface area contributed by atoms with Crippen LogP contribution in [0.1, 0.15) is 63.4 Å². The molecule has 1 saturated carbocycles. The zero-order chi connectivity index (χ0) is 54.2. The Morgan fingerprint density at radius 3 is 1.53 bits per heavy atom. The predicted molar refractivity (Wildman–Crippen MR) is 265 cm³/mol. The third-order valence-electron chi connectivity index (χ3n) is 13.1. The highest BCUT2D eigenvalue weighted by Crippen LogP contribution is 2.28. The Bertz CT molecular complexity index is 2230. The Morgan fingerprint density at radius 2 is 1.03 bits per heavy atom. The topological polar surface area (TPSA) is 365 Å². The van der Waals surface area contributed by atoms with Gasteiger partial charge in [-0.25, -0.2) is 14.4 Å². The molecule has 74 heavy (non-hydrogen) atoms. The molecule has 25 heteroatoms. The maximum atomic E-state index is 14.0. The molecule has 2 fully saturated rings. The minimum Gasteiger partial charge on any atom is -0.481 e. The number of carboxylic acid groups (broad SMARTS) is 6. The molecule has 5 amide bonds. The minimum absolute atomic E-state index is 0.0172. The number of nitrogens with zero attached hydrogens (tertiary/aromatic N) is 4. The molecule has 0 bridgehead atoms. The minimum atomic E-state index is -1.53. The van der Waals surface area contributed by atoms with Crippen LogP contribution < -0.4 is 26.6 Å². The van der Waals surface area contributed by atoms with Crippen molar-refractivity contribution >= 4 is 70.3 Å². The van der Waals surface area contributed by atoms with Crippen LogP contribution in [0.2, 0.25) is 0 Å². The van der Waals surface area contributed by atoms with E-state index in [1.165, 1.54) is 0 Å². The van der Waals surface area contributed by atoms with Crippen LogP contribution in [0.4, 0.5) is 4.79 Å². The summed E-state index contributed by atoms with van der Waals surface area (Å²) < 4.78 is 0. The molecular weight excluding hydrogens is 971 g/mol. The lowest BCUT2D eigenvalue weighted by Gasteiger charge is -2.33. The van der Waals surface area contributed by atoms with Crippen LogP contribution >= 0.6 is 0 Å². The molecule has 1 saturated heterocycles. The number of aliphatic carboxylic acids is 6. The van der Waals surface area contributed by atoms with Crippen molar-refractivity contribution in [3.63, 3.8) is 0 Å². The molecule has 0 spiro atoms. The fraction of sp³-hybridized carbons (Fsp3) is 0.592. The van der Waals surface area contributed by atoms with Gasteiger partial charge >= 0.3 is 41.8 Å². The van der Waals surface area contributed by atoms with E-state index in [9.17, 15) is 73.5 Å². The number of urea groups is 1. The fourth-order valence-electron chi connectivity index (χ4n) is 9.01. The van der Waals surface area contributed by atoms with Gasteiger partial charge < -0.3 is 57.2 Å². The van der Waals surface area contributed by atoms with E-state index in [4.69, 9.17) is 5.11 Å². The maximum Gasteiger partial charge on any atom is 0.326 e. The molecule has 1 aliphatic heterocycles. The van der Waals surface area contributed by atoms with Gasteiger partial charge in [-0.1, -0.05) is 42.5 Å². The summed E-state index contributed by atoms with van der Waals surface area (Å²) in [5, 5.41) is 71.4. The molecule has 25 nitrogen and oxygen atoms in total. The monoisotopic (exact) mass is 1040 g/mol. The molecule has 4 rings (SSSR count). The molecule has 0 aromatic heterocycles. The van der Waals surface area contributed by atoms with Crippen LogP contribution in [-0.2, 0) is 49.6 Å². The maximum absolute atomic E-state index is 14.0. The summed E-state index contributed by atoms with van der Waals surface area (Å²) in [5.74, 6) is -8.59. The van der Waals surface area contributed by atoms with E-state index >= 15 is 0 Å². The van der Waals surface area contributed by atoms with Crippen LogP contribution in [0.5, 0.6) is 0 Å². The molecule has 408 valence electrons. The number of nitrogens with one attached hydrogen (secondary N) is 5. The Labute approximate surface area is 428 Å². The molecule has 2 aliphatic rings. The van der Waals surface area contributed by atoms with Gasteiger partial charge in [-0.3, -0.25) is 53.2 Å². The Kier molecular flexibility index (Phi) is 24.9. The van der Waals surface area contributed by atoms with Gasteiger partial charge in [-0.05, 0) is 73.6 Å². The number of hydrogen-bond donors (Lipinski definition) is 11. The number of carbonyl (C=O) groups is 10. The summed E-state index contributed by atoms with van der Waals surface area (Å²) in [6.45, 7) is 1.14. The first-order valence-electron chi connectivity index (χ1n) is 24.9. The van der Waals surface area contributed by atoms with Crippen molar-refractivity contribution < 1.29 is 78.6 Å². The highest BCUT2D eigenvalue weighted by atomic mass is 16.4. The molecule has 2 aromatic rings. The van der Waals surface area contributed by atoms with Crippen molar-refractivity contribution in [2.75, 3.05) is 91.6 Å². The van der Waals surface area contributed by atoms with E-state index in [0.29, 0.717) is 45.1 Å². The quantitative estimate of drug-likeness (QED) is 0.0508. The number of carbonyl (C=O) groups excluding carboxylic acids is 4. The Balaban J connectivity index is 1.31. The number of amides is 5. The van der Waals surface area contributed by atoms with Gasteiger partial charge in [0, 0.05) is 84.2 Å². The molecule has 11 N–H and O–H groups in total. The smallest absolute Gasteiger partial charge is 0.326 e. The Hall–Kier alpha value is -6.96. The van der Waals surface area contributed by atoms with Crippen molar-refractivity contribution in [1.82, 2.24) is 46.2 Å². The number of hydrogen-bond acceptors (Lipinski definition) is 14. The Morgan fingerprint density at radius 1 is 0.527 bits per heavy atom. The molecule has 3 atom stereocenters. The first-order valence-corrected chi connectivity index (χ1v) is 24.9. The summed E-state index contributed by atoms with van der Waals surface area (Å²) in [7, 11) is 0. The van der Waals surface area contributed by atoms with E-state index in [-0.39, 0.29) is 116 Å². The third kappa shape index (κ3) is 22.4. The lowest BCUT2D eigenvalue weighted by atomic mass is 9.81. The summed E-state index contributed by atoms with van der Waals surface area (Å²) in [6.07, 6.45) is 2.29. The molecule has 1 heterocycles. The molecule has 1 aliphatic carbocycles. The number of rotatable bonds is 27. The largest absolute Gasteiger partial charge is 0.481 e. The fourth-order valence-corrected chi connectivity index (χ4v) is 9.01. The van der Waals surface area contributed by atoms with Gasteiger partial charge in [0.2, 0.25) is 17.7 Å². The van der Waals surface area contributed by atoms with Crippen molar-refractivity contribution in [2.24, 2.45) is 11.8 Å². The summed E-state index contributed by atoms with van der Waals surface area (Å²) in [4.78, 5) is 129. The summed E-state index contributed by atoms with van der Waals surface area (Å²) >= 11 is 0. The second-order valence-electron chi connectivity index (χ2n) is 18.9. The number of fused-ring (bicyclic) bond motifs is 1. The van der Waals surface area contributed by atoms with E-state index in [1.807, 2.05) is 42.5 Å². The van der Waals surface area contributed by atoms with Crippen LogP contribution in [0.15, 0.2) is 42.5 Å². The van der Waals surface area contributed by atoms with Crippen LogP contribution in [0, 0.1) is 11.8 Å². The second-order valence-corrected chi connectivity index (χ2v) is 18.9. The first kappa shape index (κ1) is 59.6. The molecule has 2 aromatic carbocycles. The highest BCUT2D eigenvalue weighted by Gasteiger charge is 2.30. The normalized spacial score (nSPS) is 18.8. The van der Waals surface area contributed by atoms with E-state index in [1.54, 1.807) is 19.6 Å². The zero-order valence-electron chi connectivity index (χ0n) is 41.5. The number of carboxylic acids is 6. The van der Waals surface area contributed by atoms with Crippen molar-refractivity contribution in [3.05, 3.63) is 48.0 Å². The van der Waals surface area contributed by atoms with Gasteiger partial charge in [0.05, 0.1) is 26.2 Å². The van der Waals surface area contributed by atoms with Gasteiger partial charge in [0.25, 0.3) is 0 Å². The average Bonchev–Trinajstić information content (AvgIpc) is 3.33. The lowest BCUT2D eigenvalue weighted by Crippen LogP contribution is -2.53. The van der Waals surface area contributed by atoms with Gasteiger partial charge in [-0.15, -0.1) is 0 Å². The standard InChI is InChI=1S/C49H71N9O16/c59-40(28-55-17-19-56(29-42(62)63)21-23-58(31-44(66)67)24-22-57(20-18-55)30-43(64)65)52-39(26-33-10-11-34-5-1-2-6-36(34)25-33)46(69)51-27-32-8-12-35(13-9-32)45(68)50-16-4-3-7-37(47(70)71)53-49(74)54-38(48(72)73)14-15-41(60)61/h1-2,5-6,10-11,25,32,35,37-39H,3-4,7-9,12-24,26-31H2,(H,50,68)(H,51,69)(H,52,59)(H,60,61)(H,62,63)(H,64,65)(H,66,67)(H,70,71)(H,72,73)(H2,53,54,74)/t32?,35?,37-,38-,39?/m0/s1. The van der Waals surface area contributed by atoms with Crippen molar-refractivity contribution in [2.45, 2.75) is 82.3 Å². The molecule has 1 unspecified atom stereocenters. The van der Waals surface area contributed by atoms with E-state index in [0.717, 1.165) is 16.3 Å². The third-order valence-corrected chi connectivity index (χ3v) is 13.1. The van der Waals surface area contributed by atoms with Crippen LogP contribution in [0.3, 0.4) is 0 Å². The molecule has 0 radical (unpaired) electrons. The number of benzene rings is 2. The SMILES string of the molecule is O=C(O)CC[C@H](NC(=O)N[C@@H](CCCCNC(=O)C1CCC(CNC(=O)C(Cc2ccc3ccccc3c2)NC(=O)CN2CCN(CC(=O)O)CCN(CC(=O)O)CCN(CC(=O)O)CC2)CC1)C(=O)O)C(=O)O. The first-order chi connectivity index (χ1) is 35.2. The zero-order valence-corrected chi connectivity index (χ0v) is 41.5. The predicted octanol–water partition coefficient (Wildman–Crippen LogP) is -0.378. The second kappa shape index (κ2) is 30.9. The summed E-state index contributed by atoms with van der Waals surface area (Å²) in [6, 6.07) is 8.56. The van der Waals surface area contributed by atoms with E-state index in [2.05, 4.69) is 26.6 Å². The van der Waals surface area contributed by atoms with Gasteiger partial charge in [-0.2, -0.15) is 0 Å².